The first-order chi connectivity index (χ1) is 12.7. The fourth-order valence-electron chi connectivity index (χ4n) is 3.17. The van der Waals surface area contributed by atoms with Crippen molar-refractivity contribution in [1.29, 1.82) is 0 Å². The Kier molecular flexibility index (Phi) is 6.20. The summed E-state index contributed by atoms with van der Waals surface area (Å²) < 4.78 is 16.4. The molecule has 0 aromatic heterocycles. The number of hydrogen-bond acceptors (Lipinski definition) is 5. The molecule has 0 atom stereocenters. The number of ether oxygens (including phenoxy) is 3. The largest absolute Gasteiger partial charge is 0.490 e. The fraction of sp³-hybridized carbons (Fsp3) is 0.579. The Morgan fingerprint density at radius 1 is 1.00 bits per heavy atom. The number of benzene rings is 1. The standard InChI is InChI=1S/C19H26N2O5/c1-2-24-19(23)21-8-3-7-20(9-10-21)18(22)14-15-5-6-16-17(13-15)26-12-4-11-25-16/h5-6,13H,2-4,7-12,14H2,1H3. The van der Waals surface area contributed by atoms with E-state index in [0.717, 1.165) is 24.2 Å². The molecule has 0 aliphatic carbocycles. The zero-order valence-electron chi connectivity index (χ0n) is 15.2. The Morgan fingerprint density at radius 3 is 2.54 bits per heavy atom. The molecule has 1 aromatic carbocycles. The molecule has 2 aliphatic heterocycles. The van der Waals surface area contributed by atoms with Crippen LogP contribution in [-0.2, 0) is 16.0 Å². The van der Waals surface area contributed by atoms with Crippen molar-refractivity contribution in [3.63, 3.8) is 0 Å². The van der Waals surface area contributed by atoms with Gasteiger partial charge in [0.1, 0.15) is 0 Å². The van der Waals surface area contributed by atoms with Crippen molar-refractivity contribution in [2.24, 2.45) is 0 Å². The average Bonchev–Trinajstić information content (AvgIpc) is 3.02. The summed E-state index contributed by atoms with van der Waals surface area (Å²) >= 11 is 0. The Morgan fingerprint density at radius 2 is 1.73 bits per heavy atom. The second-order valence-electron chi connectivity index (χ2n) is 6.43. The molecule has 0 bridgehead atoms. The van der Waals surface area contributed by atoms with E-state index in [1.807, 2.05) is 23.1 Å². The molecular formula is C19H26N2O5. The van der Waals surface area contributed by atoms with Crippen molar-refractivity contribution in [2.75, 3.05) is 46.0 Å². The minimum Gasteiger partial charge on any atom is -0.490 e. The maximum atomic E-state index is 12.7. The molecule has 0 saturated carbocycles. The van der Waals surface area contributed by atoms with Gasteiger partial charge in [0.25, 0.3) is 0 Å². The van der Waals surface area contributed by atoms with Crippen molar-refractivity contribution >= 4 is 12.0 Å². The summed E-state index contributed by atoms with van der Waals surface area (Å²) in [5.74, 6) is 1.50. The van der Waals surface area contributed by atoms with Gasteiger partial charge in [0, 0.05) is 32.6 Å². The summed E-state index contributed by atoms with van der Waals surface area (Å²) in [5.41, 5.74) is 0.908. The maximum absolute atomic E-state index is 12.7. The molecule has 2 amide bonds. The highest BCUT2D eigenvalue weighted by molar-refractivity contribution is 5.79. The summed E-state index contributed by atoms with van der Waals surface area (Å²) in [4.78, 5) is 28.0. The third-order valence-electron chi connectivity index (χ3n) is 4.54. The van der Waals surface area contributed by atoms with Crippen LogP contribution in [0.3, 0.4) is 0 Å². The van der Waals surface area contributed by atoms with Crippen molar-refractivity contribution in [3.05, 3.63) is 23.8 Å². The molecule has 0 spiro atoms. The van der Waals surface area contributed by atoms with Gasteiger partial charge < -0.3 is 24.0 Å². The van der Waals surface area contributed by atoms with Crippen LogP contribution < -0.4 is 9.47 Å². The number of amides is 2. The molecule has 0 radical (unpaired) electrons. The lowest BCUT2D eigenvalue weighted by Crippen LogP contribution is -2.38. The van der Waals surface area contributed by atoms with Gasteiger partial charge in [-0.2, -0.15) is 0 Å². The first kappa shape index (κ1) is 18.4. The minimum atomic E-state index is -0.301. The molecular weight excluding hydrogens is 336 g/mol. The first-order valence-electron chi connectivity index (χ1n) is 9.25. The van der Waals surface area contributed by atoms with Crippen LogP contribution in [0.4, 0.5) is 4.79 Å². The second kappa shape index (κ2) is 8.78. The Bertz CT molecular complexity index is 649. The molecule has 0 unspecified atom stereocenters. The van der Waals surface area contributed by atoms with Crippen molar-refractivity contribution in [1.82, 2.24) is 9.80 Å². The summed E-state index contributed by atoms with van der Waals surface area (Å²) in [6.45, 7) is 5.74. The fourth-order valence-corrected chi connectivity index (χ4v) is 3.17. The van der Waals surface area contributed by atoms with Crippen LogP contribution >= 0.6 is 0 Å². The molecule has 1 fully saturated rings. The number of rotatable bonds is 3. The summed E-state index contributed by atoms with van der Waals surface area (Å²) in [5, 5.41) is 0. The normalized spacial score (nSPS) is 17.3. The number of nitrogens with zero attached hydrogens (tertiary/aromatic N) is 2. The summed E-state index contributed by atoms with van der Waals surface area (Å²) in [6.07, 6.45) is 1.62. The molecule has 7 nitrogen and oxygen atoms in total. The number of carbonyl (C=O) groups is 2. The highest BCUT2D eigenvalue weighted by Gasteiger charge is 2.23. The van der Waals surface area contributed by atoms with E-state index in [1.165, 1.54) is 0 Å². The van der Waals surface area contributed by atoms with Crippen LogP contribution in [0.2, 0.25) is 0 Å². The Labute approximate surface area is 153 Å². The second-order valence-corrected chi connectivity index (χ2v) is 6.43. The van der Waals surface area contributed by atoms with Crippen LogP contribution in [0.1, 0.15) is 25.3 Å². The van der Waals surface area contributed by atoms with Crippen LogP contribution in [0, 0.1) is 0 Å². The molecule has 2 heterocycles. The van der Waals surface area contributed by atoms with E-state index >= 15 is 0 Å². The molecule has 26 heavy (non-hydrogen) atoms. The third kappa shape index (κ3) is 4.59. The average molecular weight is 362 g/mol. The number of carbonyl (C=O) groups excluding carboxylic acids is 2. The van der Waals surface area contributed by atoms with Crippen LogP contribution in [0.25, 0.3) is 0 Å². The van der Waals surface area contributed by atoms with Crippen LogP contribution in [-0.4, -0.2) is 67.8 Å². The van der Waals surface area contributed by atoms with Gasteiger partial charge in [0.15, 0.2) is 11.5 Å². The van der Waals surface area contributed by atoms with Crippen molar-refractivity contribution < 1.29 is 23.8 Å². The molecule has 1 saturated heterocycles. The molecule has 7 heteroatoms. The zero-order valence-corrected chi connectivity index (χ0v) is 15.2. The van der Waals surface area contributed by atoms with Crippen molar-refractivity contribution in [3.8, 4) is 11.5 Å². The third-order valence-corrected chi connectivity index (χ3v) is 4.54. The monoisotopic (exact) mass is 362 g/mol. The molecule has 2 aliphatic rings. The number of hydrogen-bond donors (Lipinski definition) is 0. The van der Waals surface area contributed by atoms with E-state index in [4.69, 9.17) is 14.2 Å². The molecule has 142 valence electrons. The van der Waals surface area contributed by atoms with E-state index in [0.29, 0.717) is 58.2 Å². The van der Waals surface area contributed by atoms with Gasteiger partial charge in [-0.25, -0.2) is 4.79 Å². The van der Waals surface area contributed by atoms with Gasteiger partial charge in [-0.1, -0.05) is 6.07 Å². The molecule has 1 aromatic rings. The van der Waals surface area contributed by atoms with E-state index in [9.17, 15) is 9.59 Å². The predicted octanol–water partition coefficient (Wildman–Crippen LogP) is 2.08. The Hall–Kier alpha value is -2.44. The van der Waals surface area contributed by atoms with Gasteiger partial charge in [0.2, 0.25) is 5.91 Å². The Balaban J connectivity index is 1.58. The predicted molar refractivity (Wildman–Crippen MR) is 95.5 cm³/mol. The highest BCUT2D eigenvalue weighted by Crippen LogP contribution is 2.30. The zero-order chi connectivity index (χ0) is 18.4. The lowest BCUT2D eigenvalue weighted by Gasteiger charge is -2.22. The van der Waals surface area contributed by atoms with Crippen molar-refractivity contribution in [2.45, 2.75) is 26.2 Å². The van der Waals surface area contributed by atoms with E-state index in [2.05, 4.69) is 0 Å². The van der Waals surface area contributed by atoms with Gasteiger partial charge >= 0.3 is 6.09 Å². The smallest absolute Gasteiger partial charge is 0.409 e. The SMILES string of the molecule is CCOC(=O)N1CCCN(C(=O)Cc2ccc3c(c2)OCCCO3)CC1. The van der Waals surface area contributed by atoms with E-state index < -0.39 is 0 Å². The van der Waals surface area contributed by atoms with E-state index in [-0.39, 0.29) is 12.0 Å². The lowest BCUT2D eigenvalue weighted by molar-refractivity contribution is -0.130. The summed E-state index contributed by atoms with van der Waals surface area (Å²) in [6, 6.07) is 5.67. The lowest BCUT2D eigenvalue weighted by atomic mass is 10.1. The van der Waals surface area contributed by atoms with Gasteiger partial charge in [-0.05, 0) is 31.0 Å². The minimum absolute atomic E-state index is 0.0604. The summed E-state index contributed by atoms with van der Waals surface area (Å²) in [7, 11) is 0. The number of fused-ring (bicyclic) bond motifs is 1. The quantitative estimate of drug-likeness (QED) is 0.824. The first-order valence-corrected chi connectivity index (χ1v) is 9.25. The maximum Gasteiger partial charge on any atom is 0.409 e. The highest BCUT2D eigenvalue weighted by atomic mass is 16.6. The van der Waals surface area contributed by atoms with Gasteiger partial charge in [-0.3, -0.25) is 4.79 Å². The van der Waals surface area contributed by atoms with E-state index in [1.54, 1.807) is 11.8 Å². The van der Waals surface area contributed by atoms with Crippen LogP contribution in [0.15, 0.2) is 18.2 Å². The molecule has 0 N–H and O–H groups in total. The van der Waals surface area contributed by atoms with Gasteiger partial charge in [0.05, 0.1) is 26.2 Å². The molecule has 3 rings (SSSR count). The van der Waals surface area contributed by atoms with Crippen LogP contribution in [0.5, 0.6) is 11.5 Å². The van der Waals surface area contributed by atoms with Gasteiger partial charge in [-0.15, -0.1) is 0 Å². The topological polar surface area (TPSA) is 68.3 Å².